The van der Waals surface area contributed by atoms with Crippen molar-refractivity contribution < 1.29 is 34.4 Å². The molecule has 0 saturated carbocycles. The average molecular weight is 198 g/mol. The SMILES string of the molecule is C=C.C=CF.O=C(O)O.O=C(O)O. The molecule has 0 aromatic carbocycles. The van der Waals surface area contributed by atoms with Gasteiger partial charge in [0.1, 0.15) is 0 Å². The van der Waals surface area contributed by atoms with Gasteiger partial charge >= 0.3 is 12.3 Å². The molecule has 0 aliphatic heterocycles. The van der Waals surface area contributed by atoms with E-state index in [0.29, 0.717) is 0 Å². The number of rotatable bonds is 0. The Bertz CT molecular complexity index is 115. The highest BCUT2D eigenvalue weighted by Gasteiger charge is 1.70. The highest BCUT2D eigenvalue weighted by Crippen LogP contribution is 1.48. The van der Waals surface area contributed by atoms with Gasteiger partial charge in [0.2, 0.25) is 0 Å². The Morgan fingerprint density at radius 1 is 1.00 bits per heavy atom. The first-order chi connectivity index (χ1) is 5.88. The molecule has 0 atom stereocenters. The first-order valence-electron chi connectivity index (χ1n) is 2.43. The Hall–Kier alpha value is -2.05. The molecule has 0 aromatic rings. The Balaban J connectivity index is -0.0000000431. The summed E-state index contributed by atoms with van der Waals surface area (Å²) in [6.07, 6.45) is -3.42. The topological polar surface area (TPSA) is 115 Å². The quantitative estimate of drug-likeness (QED) is 0.444. The van der Waals surface area contributed by atoms with Gasteiger partial charge in [-0.15, -0.1) is 13.2 Å². The van der Waals surface area contributed by atoms with Crippen LogP contribution in [0.2, 0.25) is 0 Å². The zero-order valence-electron chi connectivity index (χ0n) is 6.68. The summed E-state index contributed by atoms with van der Waals surface area (Å²) < 4.78 is 10.1. The van der Waals surface area contributed by atoms with Crippen molar-refractivity contribution in [1.82, 2.24) is 0 Å². The molecule has 0 spiro atoms. The predicted octanol–water partition coefficient (Wildman–Crippen LogP) is 2.35. The van der Waals surface area contributed by atoms with Gasteiger partial charge in [0.15, 0.2) is 0 Å². The van der Waals surface area contributed by atoms with Crippen molar-refractivity contribution in [2.45, 2.75) is 0 Å². The highest BCUT2D eigenvalue weighted by atomic mass is 19.1. The number of carboxylic acid groups (broad SMARTS) is 4. The highest BCUT2D eigenvalue weighted by molar-refractivity contribution is 5.53. The first kappa shape index (κ1) is 22.4. The standard InChI is InChI=1S/C2H3F.C2H4.2CH2O3/c1-2-3;1-2;2*2-1(3)4/h2H,1H2;1-2H2;2*(H2,2,3,4). The van der Waals surface area contributed by atoms with E-state index in [1.54, 1.807) is 0 Å². The number of hydrogen-bond acceptors (Lipinski definition) is 2. The monoisotopic (exact) mass is 198 g/mol. The van der Waals surface area contributed by atoms with E-state index in [0.717, 1.165) is 0 Å². The summed E-state index contributed by atoms with van der Waals surface area (Å²) in [6, 6.07) is 0. The molecule has 0 heterocycles. The minimum Gasteiger partial charge on any atom is -0.450 e. The second-order valence-corrected chi connectivity index (χ2v) is 0.719. The largest absolute Gasteiger partial charge is 0.503 e. The summed E-state index contributed by atoms with van der Waals surface area (Å²) in [5, 5.41) is 27.9. The van der Waals surface area contributed by atoms with E-state index in [1.807, 2.05) is 0 Å². The molecule has 4 N–H and O–H groups in total. The number of carbonyl (C=O) groups is 2. The molecule has 7 heteroatoms. The average Bonchev–Trinajstić information content (AvgIpc) is 1.89. The zero-order valence-corrected chi connectivity index (χ0v) is 6.68. The second-order valence-electron chi connectivity index (χ2n) is 0.719. The van der Waals surface area contributed by atoms with E-state index in [1.165, 1.54) is 0 Å². The minimum absolute atomic E-state index is 0.250. The first-order valence-corrected chi connectivity index (χ1v) is 2.43. The minimum atomic E-state index is -1.83. The maximum atomic E-state index is 10.1. The Labute approximate surface area is 73.9 Å². The Kier molecular flexibility index (Phi) is 56.2. The van der Waals surface area contributed by atoms with Crippen LogP contribution in [0.25, 0.3) is 0 Å². The lowest BCUT2D eigenvalue weighted by Crippen LogP contribution is -1.81. The van der Waals surface area contributed by atoms with Crippen LogP contribution in [0, 0.1) is 0 Å². The van der Waals surface area contributed by atoms with Gasteiger partial charge in [0.25, 0.3) is 0 Å². The van der Waals surface area contributed by atoms with Crippen LogP contribution in [-0.4, -0.2) is 32.7 Å². The van der Waals surface area contributed by atoms with E-state index in [9.17, 15) is 4.39 Å². The van der Waals surface area contributed by atoms with E-state index >= 15 is 0 Å². The lowest BCUT2D eigenvalue weighted by Gasteiger charge is -1.60. The van der Waals surface area contributed by atoms with Crippen LogP contribution < -0.4 is 0 Å². The van der Waals surface area contributed by atoms with Gasteiger partial charge in [0, 0.05) is 0 Å². The molecule has 78 valence electrons. The fraction of sp³-hybridized carbons (Fsp3) is 0. The molecule has 0 bridgehead atoms. The van der Waals surface area contributed by atoms with Gasteiger partial charge in [-0.25, -0.2) is 14.0 Å². The molecule has 13 heavy (non-hydrogen) atoms. The molecule has 0 amide bonds. The van der Waals surface area contributed by atoms with E-state index in [-0.39, 0.29) is 6.33 Å². The third-order valence-corrected chi connectivity index (χ3v) is 0. The third kappa shape index (κ3) is 150. The van der Waals surface area contributed by atoms with Crippen LogP contribution in [0.1, 0.15) is 0 Å². The maximum absolute atomic E-state index is 10.1. The fourth-order valence-electron chi connectivity index (χ4n) is 0. The normalized spacial score (nSPS) is 5.00. The van der Waals surface area contributed by atoms with Crippen LogP contribution in [-0.2, 0) is 0 Å². The van der Waals surface area contributed by atoms with Gasteiger partial charge in [-0.1, -0.05) is 6.58 Å². The van der Waals surface area contributed by atoms with Crippen molar-refractivity contribution in [2.24, 2.45) is 0 Å². The lowest BCUT2D eigenvalue weighted by atomic mass is 11.2. The molecular formula is C6H11FO6. The summed E-state index contributed by atoms with van der Waals surface area (Å²) in [5.41, 5.74) is 0. The number of hydrogen-bond donors (Lipinski definition) is 4. The molecule has 0 fully saturated rings. The van der Waals surface area contributed by atoms with Gasteiger partial charge in [-0.3, -0.25) is 0 Å². The predicted molar refractivity (Wildman–Crippen MR) is 43.9 cm³/mol. The third-order valence-electron chi connectivity index (χ3n) is 0. The Morgan fingerprint density at radius 3 is 1.00 bits per heavy atom. The molecule has 0 aliphatic rings. The summed E-state index contributed by atoms with van der Waals surface area (Å²) in [4.78, 5) is 17.1. The molecule has 0 aliphatic carbocycles. The molecule has 0 rings (SSSR count). The number of halogens is 1. The molecule has 6 nitrogen and oxygen atoms in total. The summed E-state index contributed by atoms with van der Waals surface area (Å²) in [7, 11) is 0. The maximum Gasteiger partial charge on any atom is 0.503 e. The van der Waals surface area contributed by atoms with Crippen LogP contribution >= 0.6 is 0 Å². The van der Waals surface area contributed by atoms with E-state index < -0.39 is 12.3 Å². The Morgan fingerprint density at radius 2 is 1.00 bits per heavy atom. The molecule has 0 unspecified atom stereocenters. The van der Waals surface area contributed by atoms with Crippen molar-refractivity contribution in [3.8, 4) is 0 Å². The van der Waals surface area contributed by atoms with Crippen LogP contribution in [0.5, 0.6) is 0 Å². The van der Waals surface area contributed by atoms with Crippen molar-refractivity contribution in [3.63, 3.8) is 0 Å². The molecule has 0 saturated heterocycles. The van der Waals surface area contributed by atoms with Crippen molar-refractivity contribution >= 4 is 12.3 Å². The van der Waals surface area contributed by atoms with Crippen molar-refractivity contribution in [3.05, 3.63) is 26.1 Å². The van der Waals surface area contributed by atoms with Gasteiger partial charge in [-0.2, -0.15) is 0 Å². The zero-order chi connectivity index (χ0) is 11.9. The van der Waals surface area contributed by atoms with Crippen molar-refractivity contribution in [2.75, 3.05) is 0 Å². The van der Waals surface area contributed by atoms with E-state index in [4.69, 9.17) is 30.0 Å². The van der Waals surface area contributed by atoms with Crippen LogP contribution in [0.15, 0.2) is 26.1 Å². The summed E-state index contributed by atoms with van der Waals surface area (Å²) in [5.74, 6) is 0. The molecule has 0 radical (unpaired) electrons. The molecular weight excluding hydrogens is 187 g/mol. The smallest absolute Gasteiger partial charge is 0.450 e. The van der Waals surface area contributed by atoms with Crippen molar-refractivity contribution in [1.29, 1.82) is 0 Å². The summed E-state index contributed by atoms with van der Waals surface area (Å²) in [6.45, 7) is 8.69. The lowest BCUT2D eigenvalue weighted by molar-refractivity contribution is 0.135. The van der Waals surface area contributed by atoms with Gasteiger partial charge in [0.05, 0.1) is 6.33 Å². The second kappa shape index (κ2) is 32.5. The van der Waals surface area contributed by atoms with Crippen LogP contribution in [0.3, 0.4) is 0 Å². The van der Waals surface area contributed by atoms with Gasteiger partial charge < -0.3 is 20.4 Å². The molecule has 0 aromatic heterocycles. The summed E-state index contributed by atoms with van der Waals surface area (Å²) >= 11 is 0. The fourth-order valence-corrected chi connectivity index (χ4v) is 0. The van der Waals surface area contributed by atoms with E-state index in [2.05, 4.69) is 19.7 Å². The van der Waals surface area contributed by atoms with Gasteiger partial charge in [-0.05, 0) is 0 Å². The van der Waals surface area contributed by atoms with Crippen LogP contribution in [0.4, 0.5) is 14.0 Å².